The highest BCUT2D eigenvalue weighted by Gasteiger charge is 2.29. The molecule has 0 aliphatic carbocycles. The highest BCUT2D eigenvalue weighted by atomic mass is 32.2. The zero-order chi connectivity index (χ0) is 13.2. The molecule has 1 aromatic rings. The Labute approximate surface area is 111 Å². The minimum Gasteiger partial charge on any atom is -0.288 e. The first kappa shape index (κ1) is 13.4. The molecule has 0 spiro atoms. The van der Waals surface area contributed by atoms with Crippen molar-refractivity contribution in [3.63, 3.8) is 0 Å². The Morgan fingerprint density at radius 2 is 2.11 bits per heavy atom. The Hall–Kier alpha value is -1.01. The number of thiazole rings is 1. The fourth-order valence-corrected chi connectivity index (χ4v) is 4.50. The number of sulfonamides is 1. The van der Waals surface area contributed by atoms with Crippen molar-refractivity contribution in [2.45, 2.75) is 11.1 Å². The second kappa shape index (κ2) is 5.32. The summed E-state index contributed by atoms with van der Waals surface area (Å²) in [6.45, 7) is 4.21. The van der Waals surface area contributed by atoms with Crippen molar-refractivity contribution in [3.05, 3.63) is 11.2 Å². The van der Waals surface area contributed by atoms with Gasteiger partial charge in [0.05, 0.1) is 23.8 Å². The standard InChI is InChI=1S/C10H14N4O2S2/c1-9-12-8-10(17-9)18(15,16)14-6-4-13(3-2-11)5-7-14/h8H,3-7H2,1H3. The van der Waals surface area contributed by atoms with Gasteiger partial charge in [-0.1, -0.05) is 0 Å². The Morgan fingerprint density at radius 1 is 1.44 bits per heavy atom. The molecule has 0 unspecified atom stereocenters. The van der Waals surface area contributed by atoms with Gasteiger partial charge in [0.1, 0.15) is 0 Å². The topological polar surface area (TPSA) is 77.3 Å². The van der Waals surface area contributed by atoms with Crippen molar-refractivity contribution in [1.82, 2.24) is 14.2 Å². The summed E-state index contributed by atoms with van der Waals surface area (Å²) in [4.78, 5) is 5.93. The largest absolute Gasteiger partial charge is 0.288 e. The molecule has 18 heavy (non-hydrogen) atoms. The Kier molecular flexibility index (Phi) is 3.97. The van der Waals surface area contributed by atoms with Gasteiger partial charge in [0.15, 0.2) is 4.21 Å². The third kappa shape index (κ3) is 2.70. The number of aromatic nitrogens is 1. The molecule has 1 aliphatic heterocycles. The lowest BCUT2D eigenvalue weighted by Crippen LogP contribution is -2.48. The number of hydrogen-bond acceptors (Lipinski definition) is 6. The molecule has 98 valence electrons. The summed E-state index contributed by atoms with van der Waals surface area (Å²) in [5, 5.41) is 9.34. The van der Waals surface area contributed by atoms with Crippen LogP contribution < -0.4 is 0 Å². The van der Waals surface area contributed by atoms with Crippen LogP contribution in [-0.2, 0) is 10.0 Å². The normalized spacial score (nSPS) is 18.7. The van der Waals surface area contributed by atoms with Gasteiger partial charge >= 0.3 is 0 Å². The van der Waals surface area contributed by atoms with Crippen LogP contribution in [0.4, 0.5) is 0 Å². The SMILES string of the molecule is Cc1ncc(S(=O)(=O)N2CCN(CC#N)CC2)s1. The highest BCUT2D eigenvalue weighted by molar-refractivity contribution is 7.91. The van der Waals surface area contributed by atoms with Gasteiger partial charge in [-0.25, -0.2) is 13.4 Å². The molecule has 0 N–H and O–H groups in total. The quantitative estimate of drug-likeness (QED) is 0.746. The maximum absolute atomic E-state index is 12.3. The Bertz CT molecular complexity index is 553. The third-order valence-corrected chi connectivity index (χ3v) is 6.07. The van der Waals surface area contributed by atoms with Gasteiger partial charge in [0.25, 0.3) is 10.0 Å². The minimum absolute atomic E-state index is 0.300. The first-order chi connectivity index (χ1) is 8.54. The predicted molar refractivity (Wildman–Crippen MR) is 67.7 cm³/mol. The molecular formula is C10H14N4O2S2. The predicted octanol–water partition coefficient (Wildman–Crippen LogP) is 0.281. The number of nitrogens with zero attached hydrogens (tertiary/aromatic N) is 4. The number of nitriles is 1. The van der Waals surface area contributed by atoms with E-state index >= 15 is 0 Å². The van der Waals surface area contributed by atoms with Crippen LogP contribution >= 0.6 is 11.3 Å². The average Bonchev–Trinajstić information content (AvgIpc) is 2.78. The summed E-state index contributed by atoms with van der Waals surface area (Å²) >= 11 is 1.19. The molecule has 1 aliphatic rings. The second-order valence-electron chi connectivity index (χ2n) is 4.04. The van der Waals surface area contributed by atoms with Gasteiger partial charge in [0.2, 0.25) is 0 Å². The summed E-state index contributed by atoms with van der Waals surface area (Å²) in [6.07, 6.45) is 1.41. The van der Waals surface area contributed by atoms with Gasteiger partial charge in [-0.3, -0.25) is 4.90 Å². The summed E-state index contributed by atoms with van der Waals surface area (Å²) in [5.74, 6) is 0. The van der Waals surface area contributed by atoms with Crippen LogP contribution in [0.2, 0.25) is 0 Å². The van der Waals surface area contributed by atoms with Crippen LogP contribution in [-0.4, -0.2) is 55.3 Å². The summed E-state index contributed by atoms with van der Waals surface area (Å²) in [6, 6.07) is 2.08. The number of aryl methyl sites for hydroxylation is 1. The van der Waals surface area contributed by atoms with Crippen LogP contribution in [0.1, 0.15) is 5.01 Å². The highest BCUT2D eigenvalue weighted by Crippen LogP contribution is 2.23. The van der Waals surface area contributed by atoms with Crippen LogP contribution in [0, 0.1) is 18.3 Å². The first-order valence-corrected chi connectivity index (χ1v) is 7.81. The van der Waals surface area contributed by atoms with E-state index in [2.05, 4.69) is 11.1 Å². The lowest BCUT2D eigenvalue weighted by atomic mass is 10.4. The van der Waals surface area contributed by atoms with Gasteiger partial charge in [-0.15, -0.1) is 11.3 Å². The summed E-state index contributed by atoms with van der Waals surface area (Å²) < 4.78 is 26.3. The van der Waals surface area contributed by atoms with E-state index < -0.39 is 10.0 Å². The van der Waals surface area contributed by atoms with Gasteiger partial charge < -0.3 is 0 Å². The van der Waals surface area contributed by atoms with Gasteiger partial charge in [0, 0.05) is 26.2 Å². The van der Waals surface area contributed by atoms with E-state index in [9.17, 15) is 8.42 Å². The molecule has 1 aromatic heterocycles. The molecule has 1 fully saturated rings. The molecule has 0 bridgehead atoms. The Morgan fingerprint density at radius 3 is 2.61 bits per heavy atom. The molecule has 0 atom stereocenters. The lowest BCUT2D eigenvalue weighted by Gasteiger charge is -2.32. The van der Waals surface area contributed by atoms with Gasteiger partial charge in [-0.05, 0) is 6.92 Å². The van der Waals surface area contributed by atoms with Crippen molar-refractivity contribution in [3.8, 4) is 6.07 Å². The van der Waals surface area contributed by atoms with E-state index in [1.54, 1.807) is 6.92 Å². The number of piperazine rings is 1. The number of rotatable bonds is 3. The zero-order valence-corrected chi connectivity index (χ0v) is 11.7. The van der Waals surface area contributed by atoms with E-state index in [1.165, 1.54) is 21.8 Å². The number of hydrogen-bond donors (Lipinski definition) is 0. The van der Waals surface area contributed by atoms with Crippen molar-refractivity contribution in [2.24, 2.45) is 0 Å². The van der Waals surface area contributed by atoms with E-state index in [1.807, 2.05) is 4.90 Å². The van der Waals surface area contributed by atoms with E-state index in [0.29, 0.717) is 36.9 Å². The average molecular weight is 286 g/mol. The molecule has 0 aromatic carbocycles. The third-order valence-electron chi connectivity index (χ3n) is 2.82. The smallest absolute Gasteiger partial charge is 0.254 e. The van der Waals surface area contributed by atoms with Crippen LogP contribution in [0.3, 0.4) is 0 Å². The summed E-state index contributed by atoms with van der Waals surface area (Å²) in [5.41, 5.74) is 0. The van der Waals surface area contributed by atoms with Crippen molar-refractivity contribution >= 4 is 21.4 Å². The maximum atomic E-state index is 12.3. The van der Waals surface area contributed by atoms with E-state index in [4.69, 9.17) is 5.26 Å². The van der Waals surface area contributed by atoms with E-state index in [-0.39, 0.29) is 0 Å². The maximum Gasteiger partial charge on any atom is 0.254 e. The van der Waals surface area contributed by atoms with Gasteiger partial charge in [-0.2, -0.15) is 9.57 Å². The molecule has 8 heteroatoms. The molecule has 2 heterocycles. The fraction of sp³-hybridized carbons (Fsp3) is 0.600. The fourth-order valence-electron chi connectivity index (χ4n) is 1.82. The van der Waals surface area contributed by atoms with Crippen molar-refractivity contribution in [1.29, 1.82) is 5.26 Å². The molecule has 0 amide bonds. The molecule has 6 nitrogen and oxygen atoms in total. The lowest BCUT2D eigenvalue weighted by molar-refractivity contribution is 0.206. The minimum atomic E-state index is -3.40. The van der Waals surface area contributed by atoms with E-state index in [0.717, 1.165) is 5.01 Å². The summed E-state index contributed by atoms with van der Waals surface area (Å²) in [7, 11) is -3.40. The van der Waals surface area contributed by atoms with Crippen LogP contribution in [0.15, 0.2) is 10.4 Å². The molecule has 1 saturated heterocycles. The molecule has 2 rings (SSSR count). The van der Waals surface area contributed by atoms with Crippen molar-refractivity contribution < 1.29 is 8.42 Å². The molecular weight excluding hydrogens is 272 g/mol. The Balaban J connectivity index is 2.07. The molecule has 0 saturated carbocycles. The van der Waals surface area contributed by atoms with Crippen LogP contribution in [0.25, 0.3) is 0 Å². The zero-order valence-electron chi connectivity index (χ0n) is 10.0. The first-order valence-electron chi connectivity index (χ1n) is 5.56. The monoisotopic (exact) mass is 286 g/mol. The second-order valence-corrected chi connectivity index (χ2v) is 7.44. The molecule has 0 radical (unpaired) electrons. The van der Waals surface area contributed by atoms with Crippen molar-refractivity contribution in [2.75, 3.05) is 32.7 Å². The van der Waals surface area contributed by atoms with Crippen LogP contribution in [0.5, 0.6) is 0 Å².